The van der Waals surface area contributed by atoms with Gasteiger partial charge in [-0.05, 0) is 73.7 Å². The Hall–Kier alpha value is -2.72. The Bertz CT molecular complexity index is 1060. The molecule has 1 atom stereocenters. The maximum absolute atomic E-state index is 13.1. The molecular formula is C28H31O3S+. The topological polar surface area (TPSA) is 35.5 Å². The van der Waals surface area contributed by atoms with Crippen molar-refractivity contribution in [3.05, 3.63) is 72.8 Å². The van der Waals surface area contributed by atoms with Gasteiger partial charge in [-0.1, -0.05) is 52.0 Å². The van der Waals surface area contributed by atoms with Gasteiger partial charge >= 0.3 is 5.97 Å². The molecule has 4 heteroatoms. The summed E-state index contributed by atoms with van der Waals surface area (Å²) >= 11 is 0. The summed E-state index contributed by atoms with van der Waals surface area (Å²) in [7, 11) is -0.277. The zero-order valence-corrected chi connectivity index (χ0v) is 20.2. The van der Waals surface area contributed by atoms with E-state index in [1.165, 1.54) is 14.7 Å². The first kappa shape index (κ1) is 22.5. The van der Waals surface area contributed by atoms with Crippen molar-refractivity contribution in [3.8, 4) is 17.2 Å². The number of hydrogen-bond donors (Lipinski definition) is 0. The molecule has 1 unspecified atom stereocenters. The number of hydrogen-bond acceptors (Lipinski definition) is 3. The zero-order chi connectivity index (χ0) is 22.9. The number of carbonyl (C=O) groups is 1. The number of carbonyl (C=O) groups excluding carboxylic acids is 1. The monoisotopic (exact) mass is 447 g/mol. The van der Waals surface area contributed by atoms with Crippen molar-refractivity contribution in [2.75, 3.05) is 0 Å². The van der Waals surface area contributed by atoms with Gasteiger partial charge in [-0.25, -0.2) is 0 Å². The van der Waals surface area contributed by atoms with E-state index < -0.39 is 5.41 Å². The summed E-state index contributed by atoms with van der Waals surface area (Å²) in [5.74, 6) is 2.85. The van der Waals surface area contributed by atoms with Crippen molar-refractivity contribution in [2.24, 2.45) is 17.3 Å². The van der Waals surface area contributed by atoms with Crippen LogP contribution in [0.5, 0.6) is 17.2 Å². The second-order valence-corrected chi connectivity index (χ2v) is 11.3. The molecule has 0 fully saturated rings. The van der Waals surface area contributed by atoms with E-state index in [4.69, 9.17) is 9.47 Å². The van der Waals surface area contributed by atoms with E-state index in [1.54, 1.807) is 0 Å². The number of fused-ring (bicyclic) bond motifs is 2. The third kappa shape index (κ3) is 4.29. The van der Waals surface area contributed by atoms with E-state index in [2.05, 4.69) is 52.0 Å². The largest absolute Gasteiger partial charge is 0.447 e. The van der Waals surface area contributed by atoms with Crippen LogP contribution in [0.25, 0.3) is 0 Å². The van der Waals surface area contributed by atoms with Crippen LogP contribution in [0.4, 0.5) is 0 Å². The number of esters is 1. The summed E-state index contributed by atoms with van der Waals surface area (Å²) in [6.45, 7) is 10.5. The zero-order valence-electron chi connectivity index (χ0n) is 19.4. The van der Waals surface area contributed by atoms with Crippen LogP contribution in [0.3, 0.4) is 0 Å². The molecular weight excluding hydrogens is 416 g/mol. The van der Waals surface area contributed by atoms with Gasteiger partial charge < -0.3 is 9.47 Å². The molecule has 1 aliphatic rings. The Morgan fingerprint density at radius 2 is 1.41 bits per heavy atom. The molecule has 0 aromatic heterocycles. The van der Waals surface area contributed by atoms with Crippen LogP contribution < -0.4 is 9.47 Å². The molecule has 0 N–H and O–H groups in total. The first-order valence-corrected chi connectivity index (χ1v) is 12.4. The Kier molecular flexibility index (Phi) is 6.34. The lowest BCUT2D eigenvalue weighted by Gasteiger charge is -2.32. The third-order valence-corrected chi connectivity index (χ3v) is 8.50. The number of para-hydroxylation sites is 2. The Balaban J connectivity index is 1.62. The van der Waals surface area contributed by atoms with Gasteiger partial charge in [0.15, 0.2) is 16.4 Å². The fourth-order valence-corrected chi connectivity index (χ4v) is 6.37. The molecule has 0 amide bonds. The Morgan fingerprint density at radius 1 is 0.875 bits per heavy atom. The first-order valence-electron chi connectivity index (χ1n) is 11.2. The van der Waals surface area contributed by atoms with Crippen molar-refractivity contribution >= 4 is 16.9 Å². The van der Waals surface area contributed by atoms with Crippen LogP contribution in [0.15, 0.2) is 87.5 Å². The molecule has 4 rings (SSSR count). The fraction of sp³-hybridized carbons (Fsp3) is 0.321. The van der Waals surface area contributed by atoms with Crippen LogP contribution >= 0.6 is 0 Å². The normalized spacial score (nSPS) is 15.0. The second kappa shape index (κ2) is 9.03. The van der Waals surface area contributed by atoms with Crippen molar-refractivity contribution in [1.29, 1.82) is 0 Å². The van der Waals surface area contributed by atoms with E-state index in [-0.39, 0.29) is 22.8 Å². The highest BCUT2D eigenvalue weighted by Crippen LogP contribution is 2.47. The summed E-state index contributed by atoms with van der Waals surface area (Å²) in [5.41, 5.74) is -0.507. The predicted octanol–water partition coefficient (Wildman–Crippen LogP) is 7.50. The summed E-state index contributed by atoms with van der Waals surface area (Å²) in [5, 5.41) is 0. The molecule has 0 bridgehead atoms. The molecule has 3 aromatic rings. The van der Waals surface area contributed by atoms with Gasteiger partial charge in [-0.3, -0.25) is 4.79 Å². The minimum absolute atomic E-state index is 0.154. The quantitative estimate of drug-likeness (QED) is 0.174. The average molecular weight is 448 g/mol. The van der Waals surface area contributed by atoms with Gasteiger partial charge in [-0.2, -0.15) is 0 Å². The molecule has 32 heavy (non-hydrogen) atoms. The van der Waals surface area contributed by atoms with Crippen LogP contribution in [0.2, 0.25) is 0 Å². The van der Waals surface area contributed by atoms with Crippen LogP contribution in [0, 0.1) is 17.3 Å². The summed E-state index contributed by atoms with van der Waals surface area (Å²) in [6, 6.07) is 24.4. The van der Waals surface area contributed by atoms with E-state index >= 15 is 0 Å². The third-order valence-electron chi connectivity index (χ3n) is 6.20. The predicted molar refractivity (Wildman–Crippen MR) is 130 cm³/mol. The first-order chi connectivity index (χ1) is 15.3. The standard InChI is InChI=1S/C28H31O3S/c1-19(2)18-28(5,20(3)4)27(29)30-21-14-16-22(17-15-21)32-25-12-8-6-10-23(25)31-24-11-7-9-13-26(24)32/h6-17,19-20H,18H2,1-5H3/q+1. The Labute approximate surface area is 194 Å². The minimum Gasteiger partial charge on any atom is -0.447 e. The highest BCUT2D eigenvalue weighted by atomic mass is 32.2. The average Bonchev–Trinajstić information content (AvgIpc) is 2.77. The van der Waals surface area contributed by atoms with E-state index in [1.807, 2.05) is 55.5 Å². The number of rotatable bonds is 6. The van der Waals surface area contributed by atoms with Gasteiger partial charge in [0.2, 0.25) is 9.79 Å². The second-order valence-electron chi connectivity index (χ2n) is 9.33. The molecule has 0 spiro atoms. The molecule has 0 radical (unpaired) electrons. The van der Waals surface area contributed by atoms with Crippen LogP contribution in [-0.2, 0) is 15.7 Å². The van der Waals surface area contributed by atoms with Gasteiger partial charge in [0.25, 0.3) is 0 Å². The SMILES string of the molecule is CC(C)CC(C)(C(=O)Oc1ccc([S+]2c3ccccc3Oc3ccccc32)cc1)C(C)C. The lowest BCUT2D eigenvalue weighted by atomic mass is 9.73. The molecule has 1 aliphatic heterocycles. The number of benzene rings is 3. The highest BCUT2D eigenvalue weighted by molar-refractivity contribution is 7.97. The van der Waals surface area contributed by atoms with Crippen molar-refractivity contribution in [2.45, 2.75) is 55.7 Å². The van der Waals surface area contributed by atoms with Gasteiger partial charge in [-0.15, -0.1) is 0 Å². The lowest BCUT2D eigenvalue weighted by molar-refractivity contribution is -0.148. The van der Waals surface area contributed by atoms with Crippen LogP contribution in [0.1, 0.15) is 41.0 Å². The molecule has 1 heterocycles. The van der Waals surface area contributed by atoms with E-state index in [9.17, 15) is 4.79 Å². The summed E-state index contributed by atoms with van der Waals surface area (Å²) < 4.78 is 12.0. The van der Waals surface area contributed by atoms with E-state index in [0.717, 1.165) is 17.9 Å². The molecule has 0 saturated heterocycles. The highest BCUT2D eigenvalue weighted by Gasteiger charge is 2.40. The fourth-order valence-electron chi connectivity index (χ4n) is 4.17. The van der Waals surface area contributed by atoms with Crippen molar-refractivity contribution in [3.63, 3.8) is 0 Å². The number of ether oxygens (including phenoxy) is 2. The lowest BCUT2D eigenvalue weighted by Crippen LogP contribution is -2.38. The smallest absolute Gasteiger partial charge is 0.317 e. The Morgan fingerprint density at radius 3 is 1.91 bits per heavy atom. The minimum atomic E-state index is -0.507. The summed E-state index contributed by atoms with van der Waals surface area (Å²) in [6.07, 6.45) is 0.804. The maximum Gasteiger partial charge on any atom is 0.317 e. The molecule has 3 aromatic carbocycles. The molecule has 3 nitrogen and oxygen atoms in total. The van der Waals surface area contributed by atoms with Gasteiger partial charge in [0.1, 0.15) is 16.6 Å². The van der Waals surface area contributed by atoms with Crippen LogP contribution in [-0.4, -0.2) is 5.97 Å². The molecule has 0 saturated carbocycles. The van der Waals surface area contributed by atoms with Crippen molar-refractivity contribution in [1.82, 2.24) is 0 Å². The maximum atomic E-state index is 13.1. The molecule has 166 valence electrons. The molecule has 0 aliphatic carbocycles. The van der Waals surface area contributed by atoms with Gasteiger partial charge in [0.05, 0.1) is 5.41 Å². The summed E-state index contributed by atoms with van der Waals surface area (Å²) in [4.78, 5) is 16.6. The van der Waals surface area contributed by atoms with E-state index in [0.29, 0.717) is 11.7 Å². The van der Waals surface area contributed by atoms with Crippen molar-refractivity contribution < 1.29 is 14.3 Å². The van der Waals surface area contributed by atoms with Gasteiger partial charge in [0, 0.05) is 0 Å².